The lowest BCUT2D eigenvalue weighted by Gasteiger charge is -2.18. The Hall–Kier alpha value is -3.88. The Bertz CT molecular complexity index is 1120. The highest BCUT2D eigenvalue weighted by Gasteiger charge is 2.31. The van der Waals surface area contributed by atoms with E-state index < -0.39 is 23.8 Å². The van der Waals surface area contributed by atoms with Crippen molar-refractivity contribution in [2.45, 2.75) is 19.6 Å². The molecule has 32 heavy (non-hydrogen) atoms. The van der Waals surface area contributed by atoms with Gasteiger partial charge < -0.3 is 14.4 Å². The van der Waals surface area contributed by atoms with Gasteiger partial charge in [0.1, 0.15) is 5.75 Å². The number of ether oxygens (including phenoxy) is 2. The van der Waals surface area contributed by atoms with Crippen LogP contribution in [-0.4, -0.2) is 29.0 Å². The number of hydrogen-bond donors (Lipinski definition) is 0. The summed E-state index contributed by atoms with van der Waals surface area (Å²) >= 11 is 0. The van der Waals surface area contributed by atoms with Crippen molar-refractivity contribution in [1.82, 2.24) is 9.88 Å². The molecule has 0 saturated carbocycles. The minimum absolute atomic E-state index is 0.00515. The number of hydrogen-bond acceptors (Lipinski definition) is 5. The smallest absolute Gasteiger partial charge is 0.416 e. The van der Waals surface area contributed by atoms with Gasteiger partial charge in [0.25, 0.3) is 0 Å². The number of nitrogens with zero attached hydrogens (tertiary/aromatic N) is 2. The van der Waals surface area contributed by atoms with Crippen LogP contribution in [0, 0.1) is 0 Å². The molecule has 0 aliphatic rings. The normalized spacial score (nSPS) is 11.0. The van der Waals surface area contributed by atoms with E-state index in [4.69, 9.17) is 9.47 Å². The highest BCUT2D eigenvalue weighted by Crippen LogP contribution is 2.37. The zero-order chi connectivity index (χ0) is 23.3. The van der Waals surface area contributed by atoms with Crippen molar-refractivity contribution in [3.8, 4) is 22.8 Å². The predicted molar refractivity (Wildman–Crippen MR) is 110 cm³/mol. The van der Waals surface area contributed by atoms with Crippen LogP contribution in [0.5, 0.6) is 11.6 Å². The summed E-state index contributed by atoms with van der Waals surface area (Å²) < 4.78 is 49.9. The molecule has 1 heterocycles. The number of amides is 1. The van der Waals surface area contributed by atoms with Gasteiger partial charge in [-0.15, -0.1) is 0 Å². The van der Waals surface area contributed by atoms with E-state index in [0.29, 0.717) is 11.1 Å². The Morgan fingerprint density at radius 2 is 1.78 bits per heavy atom. The number of alkyl halides is 3. The molecule has 0 spiro atoms. The number of halogens is 3. The van der Waals surface area contributed by atoms with Crippen LogP contribution in [0.15, 0.2) is 66.9 Å². The van der Waals surface area contributed by atoms with Crippen LogP contribution in [0.25, 0.3) is 11.1 Å². The second-order valence-electron chi connectivity index (χ2n) is 6.89. The average Bonchev–Trinajstić information content (AvgIpc) is 2.73. The molecule has 1 aromatic heterocycles. The highest BCUT2D eigenvalue weighted by molar-refractivity contribution is 5.77. The van der Waals surface area contributed by atoms with E-state index in [9.17, 15) is 22.8 Å². The molecule has 3 rings (SSSR count). The molecule has 9 heteroatoms. The fourth-order valence-electron chi connectivity index (χ4n) is 2.93. The van der Waals surface area contributed by atoms with E-state index in [-0.39, 0.29) is 23.7 Å². The van der Waals surface area contributed by atoms with Gasteiger partial charge in [-0.2, -0.15) is 13.2 Å². The third kappa shape index (κ3) is 5.84. The van der Waals surface area contributed by atoms with Crippen LogP contribution in [-0.2, 0) is 17.5 Å². The lowest BCUT2D eigenvalue weighted by Crippen LogP contribution is -2.29. The summed E-state index contributed by atoms with van der Waals surface area (Å²) in [4.78, 5) is 28.9. The van der Waals surface area contributed by atoms with Crippen LogP contribution in [0.1, 0.15) is 18.1 Å². The van der Waals surface area contributed by atoms with Gasteiger partial charge in [-0.3, -0.25) is 4.79 Å². The first-order valence-corrected chi connectivity index (χ1v) is 9.46. The topological polar surface area (TPSA) is 68.7 Å². The van der Waals surface area contributed by atoms with Crippen molar-refractivity contribution in [2.24, 2.45) is 0 Å². The molecule has 0 aliphatic heterocycles. The fourth-order valence-corrected chi connectivity index (χ4v) is 2.93. The zero-order valence-corrected chi connectivity index (χ0v) is 17.2. The molecular formula is C23H19F3N2O4. The molecule has 2 aromatic carbocycles. The molecule has 0 bridgehead atoms. The Kier molecular flexibility index (Phi) is 6.77. The summed E-state index contributed by atoms with van der Waals surface area (Å²) in [5, 5.41) is 0. The Morgan fingerprint density at radius 1 is 1.00 bits per heavy atom. The second-order valence-corrected chi connectivity index (χ2v) is 6.89. The fraction of sp³-hybridized carbons (Fsp3) is 0.174. The van der Waals surface area contributed by atoms with Gasteiger partial charge in [-0.1, -0.05) is 24.3 Å². The first kappa shape index (κ1) is 22.8. The van der Waals surface area contributed by atoms with Crippen molar-refractivity contribution < 1.29 is 32.2 Å². The molecule has 0 N–H and O–H groups in total. The number of carbonyl (C=O) groups is 2. The van der Waals surface area contributed by atoms with Crippen molar-refractivity contribution in [1.29, 1.82) is 0 Å². The van der Waals surface area contributed by atoms with Gasteiger partial charge in [-0.05, 0) is 41.5 Å². The molecule has 0 atom stereocenters. The molecule has 0 radical (unpaired) electrons. The maximum absolute atomic E-state index is 13.2. The third-order valence-corrected chi connectivity index (χ3v) is 4.36. The number of aromatic nitrogens is 1. The van der Waals surface area contributed by atoms with Gasteiger partial charge in [0, 0.05) is 38.3 Å². The molecular weight excluding hydrogens is 425 g/mol. The molecule has 0 aliphatic carbocycles. The summed E-state index contributed by atoms with van der Waals surface area (Å²) in [5.41, 5.74) is 0.269. The number of benzene rings is 2. The summed E-state index contributed by atoms with van der Waals surface area (Å²) in [6, 6.07) is 14.4. The molecule has 0 fully saturated rings. The van der Waals surface area contributed by atoms with Crippen LogP contribution in [0.2, 0.25) is 0 Å². The summed E-state index contributed by atoms with van der Waals surface area (Å²) in [5.74, 6) is -0.502. The molecule has 0 unspecified atom stereocenters. The SMILES string of the molecule is CC(=O)Oc1ccc(C(F)(F)F)cc1-c1cccc(CN(C)C(=O)Oc2ccccn2)c1. The van der Waals surface area contributed by atoms with Crippen molar-refractivity contribution in [3.05, 3.63) is 78.0 Å². The molecule has 166 valence electrons. The number of pyridine rings is 1. The van der Waals surface area contributed by atoms with Crippen molar-refractivity contribution in [2.75, 3.05) is 7.05 Å². The van der Waals surface area contributed by atoms with E-state index in [1.165, 1.54) is 31.1 Å². The zero-order valence-electron chi connectivity index (χ0n) is 17.2. The lowest BCUT2D eigenvalue weighted by atomic mass is 9.99. The first-order valence-electron chi connectivity index (χ1n) is 9.46. The van der Waals surface area contributed by atoms with E-state index in [1.54, 1.807) is 36.4 Å². The Balaban J connectivity index is 1.86. The largest absolute Gasteiger partial charge is 0.426 e. The monoisotopic (exact) mass is 444 g/mol. The van der Waals surface area contributed by atoms with Gasteiger partial charge in [-0.25, -0.2) is 9.78 Å². The maximum atomic E-state index is 13.2. The van der Waals surface area contributed by atoms with E-state index in [2.05, 4.69) is 4.98 Å². The van der Waals surface area contributed by atoms with Gasteiger partial charge >= 0.3 is 18.2 Å². The van der Waals surface area contributed by atoms with Crippen molar-refractivity contribution in [3.63, 3.8) is 0 Å². The number of esters is 1. The van der Waals surface area contributed by atoms with Crippen LogP contribution >= 0.6 is 0 Å². The summed E-state index contributed by atoms with van der Waals surface area (Å²) in [7, 11) is 1.52. The molecule has 3 aromatic rings. The highest BCUT2D eigenvalue weighted by atomic mass is 19.4. The minimum Gasteiger partial charge on any atom is -0.426 e. The quantitative estimate of drug-likeness (QED) is 0.393. The van der Waals surface area contributed by atoms with Crippen molar-refractivity contribution >= 4 is 12.1 Å². The summed E-state index contributed by atoms with van der Waals surface area (Å²) in [6.45, 7) is 1.29. The minimum atomic E-state index is -4.56. The average molecular weight is 444 g/mol. The van der Waals surface area contributed by atoms with Gasteiger partial charge in [0.05, 0.1) is 5.56 Å². The Labute approximate surface area is 182 Å². The molecule has 0 saturated heterocycles. The van der Waals surface area contributed by atoms with E-state index in [1.807, 2.05) is 0 Å². The second kappa shape index (κ2) is 9.51. The van der Waals surface area contributed by atoms with E-state index in [0.717, 1.165) is 18.2 Å². The standard InChI is InChI=1S/C23H19F3N2O4/c1-15(29)31-20-10-9-18(23(24,25)26)13-19(20)17-7-5-6-16(12-17)14-28(2)22(30)32-21-8-3-4-11-27-21/h3-13H,14H2,1-2H3. The van der Waals surface area contributed by atoms with Crippen LogP contribution in [0.4, 0.5) is 18.0 Å². The predicted octanol–water partition coefficient (Wildman–Crippen LogP) is 5.32. The third-order valence-electron chi connectivity index (χ3n) is 4.36. The summed E-state index contributed by atoms with van der Waals surface area (Å²) in [6.07, 6.45) is -3.72. The Morgan fingerprint density at radius 3 is 2.44 bits per heavy atom. The molecule has 1 amide bonds. The van der Waals surface area contributed by atoms with Crippen LogP contribution < -0.4 is 9.47 Å². The first-order chi connectivity index (χ1) is 15.1. The van der Waals surface area contributed by atoms with Gasteiger partial charge in [0.2, 0.25) is 5.88 Å². The van der Waals surface area contributed by atoms with Crippen LogP contribution in [0.3, 0.4) is 0 Å². The number of rotatable bonds is 5. The van der Waals surface area contributed by atoms with Gasteiger partial charge in [0.15, 0.2) is 0 Å². The maximum Gasteiger partial charge on any atom is 0.416 e. The number of carbonyl (C=O) groups excluding carboxylic acids is 2. The molecule has 6 nitrogen and oxygen atoms in total. The van der Waals surface area contributed by atoms with E-state index >= 15 is 0 Å². The lowest BCUT2D eigenvalue weighted by molar-refractivity contribution is -0.137.